The highest BCUT2D eigenvalue weighted by molar-refractivity contribution is 6.35. The second kappa shape index (κ2) is 3.08. The van der Waals surface area contributed by atoms with Crippen molar-refractivity contribution in [2.45, 2.75) is 0 Å². The Hall–Kier alpha value is -0.780. The summed E-state index contributed by atoms with van der Waals surface area (Å²) in [4.78, 5) is 0. The van der Waals surface area contributed by atoms with Crippen molar-refractivity contribution in [3.8, 4) is 6.07 Å². The Morgan fingerprint density at radius 1 is 1.36 bits per heavy atom. The van der Waals surface area contributed by atoms with E-state index in [0.717, 1.165) is 0 Å². The summed E-state index contributed by atoms with van der Waals surface area (Å²) in [6.07, 6.45) is 0. The van der Waals surface area contributed by atoms with E-state index in [2.05, 4.69) is 0 Å². The Labute approximate surface area is 73.0 Å². The van der Waals surface area contributed by atoms with Gasteiger partial charge < -0.3 is 0 Å². The topological polar surface area (TPSA) is 23.8 Å². The minimum absolute atomic E-state index is 0.0750. The molecule has 1 rings (SSSR count). The van der Waals surface area contributed by atoms with Gasteiger partial charge in [-0.15, -0.1) is 0 Å². The van der Waals surface area contributed by atoms with Crippen LogP contribution in [0.4, 0.5) is 4.39 Å². The summed E-state index contributed by atoms with van der Waals surface area (Å²) in [6, 6.07) is 4.39. The fraction of sp³-hybridized carbons (Fsp3) is 0. The van der Waals surface area contributed by atoms with Crippen molar-refractivity contribution >= 4 is 23.2 Å². The van der Waals surface area contributed by atoms with E-state index < -0.39 is 5.82 Å². The second-order valence-corrected chi connectivity index (χ2v) is 2.62. The first-order valence-corrected chi connectivity index (χ1v) is 3.46. The average Bonchev–Trinajstić information content (AvgIpc) is 2.01. The molecule has 0 saturated carbocycles. The fourth-order valence-corrected chi connectivity index (χ4v) is 1.03. The van der Waals surface area contributed by atoms with Crippen LogP contribution in [0.5, 0.6) is 0 Å². The van der Waals surface area contributed by atoms with Gasteiger partial charge in [-0.25, -0.2) is 4.39 Å². The van der Waals surface area contributed by atoms with Crippen molar-refractivity contribution in [2.24, 2.45) is 0 Å². The van der Waals surface area contributed by atoms with Gasteiger partial charge in [0, 0.05) is 0 Å². The predicted molar refractivity (Wildman–Crippen MR) is 41.1 cm³/mol. The van der Waals surface area contributed by atoms with E-state index in [1.165, 1.54) is 12.1 Å². The van der Waals surface area contributed by atoms with Crippen LogP contribution in [0.1, 0.15) is 5.56 Å². The summed E-state index contributed by atoms with van der Waals surface area (Å²) in [5.41, 5.74) is 0.0913. The lowest BCUT2D eigenvalue weighted by molar-refractivity contribution is 0.628. The van der Waals surface area contributed by atoms with Gasteiger partial charge in [0.2, 0.25) is 0 Å². The molecule has 1 aromatic rings. The maximum Gasteiger partial charge on any atom is 0.161 e. The third kappa shape index (κ3) is 1.45. The summed E-state index contributed by atoms with van der Waals surface area (Å²) in [5.74, 6) is -0.743. The Morgan fingerprint density at radius 2 is 2.00 bits per heavy atom. The summed E-state index contributed by atoms with van der Waals surface area (Å²) in [5, 5.41) is 8.09. The van der Waals surface area contributed by atoms with Gasteiger partial charge in [-0.3, -0.25) is 0 Å². The molecule has 0 spiro atoms. The molecule has 0 aliphatic heterocycles. The summed E-state index contributed by atoms with van der Waals surface area (Å²) in [7, 11) is 0. The largest absolute Gasteiger partial charge is 0.204 e. The number of nitrogens with zero attached hydrogens (tertiary/aromatic N) is 1. The van der Waals surface area contributed by atoms with Gasteiger partial charge in [0.25, 0.3) is 0 Å². The molecule has 0 atom stereocenters. The highest BCUT2D eigenvalue weighted by Gasteiger charge is 2.08. The number of nitriles is 1. The van der Waals surface area contributed by atoms with Crippen LogP contribution in [0.2, 0.25) is 10.0 Å². The quantitative estimate of drug-likeness (QED) is 0.576. The highest BCUT2D eigenvalue weighted by atomic mass is 35.5. The number of benzene rings is 1. The molecule has 0 amide bonds. The molecule has 56 valence electrons. The van der Waals surface area contributed by atoms with Crippen molar-refractivity contribution in [3.63, 3.8) is 0 Å². The minimum Gasteiger partial charge on any atom is -0.204 e. The van der Waals surface area contributed by atoms with Gasteiger partial charge in [0.15, 0.2) is 5.82 Å². The van der Waals surface area contributed by atoms with Crippen LogP contribution >= 0.6 is 23.2 Å². The average molecular weight is 190 g/mol. The monoisotopic (exact) mass is 189 g/mol. The van der Waals surface area contributed by atoms with Gasteiger partial charge in [-0.1, -0.05) is 23.2 Å². The maximum absolute atomic E-state index is 12.8. The fourth-order valence-electron chi connectivity index (χ4n) is 0.612. The van der Waals surface area contributed by atoms with Gasteiger partial charge >= 0.3 is 0 Å². The SMILES string of the molecule is N#Cc1ccc(Cl)c(F)c1Cl. The lowest BCUT2D eigenvalue weighted by Gasteiger charge is -1.97. The Balaban J connectivity index is 3.40. The van der Waals surface area contributed by atoms with Crippen molar-refractivity contribution in [1.29, 1.82) is 5.26 Å². The molecule has 1 aromatic carbocycles. The molecular weight excluding hydrogens is 188 g/mol. The van der Waals surface area contributed by atoms with Crippen LogP contribution in [0.3, 0.4) is 0 Å². The van der Waals surface area contributed by atoms with Crippen molar-refractivity contribution in [2.75, 3.05) is 0 Å². The van der Waals surface area contributed by atoms with Crippen molar-refractivity contribution in [1.82, 2.24) is 0 Å². The van der Waals surface area contributed by atoms with Gasteiger partial charge in [0.1, 0.15) is 6.07 Å². The molecule has 0 aromatic heterocycles. The van der Waals surface area contributed by atoms with E-state index in [1.807, 2.05) is 0 Å². The normalized spacial score (nSPS) is 9.27. The van der Waals surface area contributed by atoms with Gasteiger partial charge in [0.05, 0.1) is 15.6 Å². The second-order valence-electron chi connectivity index (χ2n) is 1.83. The standard InChI is InChI=1S/C7H2Cl2FN/c8-5-2-1-4(3-11)6(9)7(5)10/h1-2H. The molecule has 0 unspecified atom stereocenters. The first kappa shape index (κ1) is 8.32. The molecule has 0 aliphatic rings. The Bertz CT molecular complexity index is 330. The van der Waals surface area contributed by atoms with Crippen LogP contribution in [0, 0.1) is 17.1 Å². The van der Waals surface area contributed by atoms with E-state index in [1.54, 1.807) is 6.07 Å². The number of rotatable bonds is 0. The minimum atomic E-state index is -0.743. The number of halogens is 3. The van der Waals surface area contributed by atoms with E-state index in [0.29, 0.717) is 0 Å². The van der Waals surface area contributed by atoms with Crippen LogP contribution in [0.15, 0.2) is 12.1 Å². The smallest absolute Gasteiger partial charge is 0.161 e. The summed E-state index contributed by atoms with van der Waals surface area (Å²) >= 11 is 10.8. The lowest BCUT2D eigenvalue weighted by atomic mass is 10.2. The van der Waals surface area contributed by atoms with Crippen LogP contribution < -0.4 is 0 Å². The maximum atomic E-state index is 12.8. The van der Waals surface area contributed by atoms with Gasteiger partial charge in [-0.05, 0) is 12.1 Å². The molecule has 0 aliphatic carbocycles. The highest BCUT2D eigenvalue weighted by Crippen LogP contribution is 2.25. The molecule has 0 fully saturated rings. The van der Waals surface area contributed by atoms with E-state index in [4.69, 9.17) is 28.5 Å². The first-order valence-electron chi connectivity index (χ1n) is 2.70. The molecule has 4 heteroatoms. The molecule has 0 saturated heterocycles. The van der Waals surface area contributed by atoms with Gasteiger partial charge in [-0.2, -0.15) is 5.26 Å². The molecule has 0 radical (unpaired) electrons. The first-order chi connectivity index (χ1) is 5.16. The summed E-state index contributed by atoms with van der Waals surface area (Å²) < 4.78 is 12.8. The molecule has 0 heterocycles. The number of hydrogen-bond donors (Lipinski definition) is 0. The molecular formula is C7H2Cl2FN. The lowest BCUT2D eigenvalue weighted by Crippen LogP contribution is -1.83. The zero-order valence-corrected chi connectivity index (χ0v) is 6.75. The molecule has 11 heavy (non-hydrogen) atoms. The predicted octanol–water partition coefficient (Wildman–Crippen LogP) is 3.00. The molecule has 0 N–H and O–H groups in total. The zero-order valence-electron chi connectivity index (χ0n) is 5.24. The molecule has 1 nitrogen and oxygen atoms in total. The van der Waals surface area contributed by atoms with Crippen LogP contribution in [0.25, 0.3) is 0 Å². The third-order valence-corrected chi connectivity index (χ3v) is 1.82. The summed E-state index contributed by atoms with van der Waals surface area (Å²) in [6.45, 7) is 0. The number of hydrogen-bond acceptors (Lipinski definition) is 1. The third-order valence-electron chi connectivity index (χ3n) is 1.16. The van der Waals surface area contributed by atoms with E-state index in [9.17, 15) is 4.39 Å². The Kier molecular flexibility index (Phi) is 2.33. The van der Waals surface area contributed by atoms with Crippen LogP contribution in [-0.4, -0.2) is 0 Å². The van der Waals surface area contributed by atoms with E-state index >= 15 is 0 Å². The van der Waals surface area contributed by atoms with E-state index in [-0.39, 0.29) is 15.6 Å². The zero-order chi connectivity index (χ0) is 8.43. The Morgan fingerprint density at radius 3 is 2.55 bits per heavy atom. The van der Waals surface area contributed by atoms with Crippen molar-refractivity contribution in [3.05, 3.63) is 33.6 Å². The van der Waals surface area contributed by atoms with Crippen molar-refractivity contribution < 1.29 is 4.39 Å². The molecule has 0 bridgehead atoms. The van der Waals surface area contributed by atoms with Crippen LogP contribution in [-0.2, 0) is 0 Å².